The van der Waals surface area contributed by atoms with Gasteiger partial charge >= 0.3 is 0 Å². The van der Waals surface area contributed by atoms with Crippen molar-refractivity contribution in [2.75, 3.05) is 20.2 Å². The van der Waals surface area contributed by atoms with Gasteiger partial charge in [0.1, 0.15) is 22.3 Å². The molecule has 7 nitrogen and oxygen atoms in total. The monoisotopic (exact) mass is 430 g/mol. The van der Waals surface area contributed by atoms with Crippen LogP contribution in [0.2, 0.25) is 5.02 Å². The fourth-order valence-electron chi connectivity index (χ4n) is 3.50. The van der Waals surface area contributed by atoms with Crippen molar-refractivity contribution in [1.82, 2.24) is 19.9 Å². The standard InChI is InChI=1S/C20H19ClN4O3S/c1-28-16-3-2-13(21)10-14(16)20(27)25-7-4-12(5-8-25)18-23-15(11-17(26)24-18)19-22-6-9-29-19/h2-3,6,9-12H,4-5,7-8H2,1H3,(H,23,24,26). The van der Waals surface area contributed by atoms with Crippen molar-refractivity contribution < 1.29 is 9.53 Å². The molecule has 0 saturated carbocycles. The molecule has 1 aliphatic heterocycles. The van der Waals surface area contributed by atoms with Gasteiger partial charge in [-0.3, -0.25) is 9.59 Å². The summed E-state index contributed by atoms with van der Waals surface area (Å²) in [6.45, 7) is 1.12. The van der Waals surface area contributed by atoms with Gasteiger partial charge in [-0.25, -0.2) is 9.97 Å². The second-order valence-electron chi connectivity index (χ2n) is 6.76. The Kier molecular flexibility index (Phi) is 5.64. The number of thiazole rings is 1. The second-order valence-corrected chi connectivity index (χ2v) is 8.10. The fraction of sp³-hybridized carbons (Fsp3) is 0.300. The highest BCUT2D eigenvalue weighted by molar-refractivity contribution is 7.13. The van der Waals surface area contributed by atoms with Gasteiger partial charge in [-0.1, -0.05) is 11.6 Å². The van der Waals surface area contributed by atoms with Crippen molar-refractivity contribution >= 4 is 28.8 Å². The van der Waals surface area contributed by atoms with E-state index in [1.807, 2.05) is 5.38 Å². The number of likely N-dealkylation sites (tertiary alicyclic amines) is 1. The highest BCUT2D eigenvalue weighted by atomic mass is 35.5. The molecule has 1 fully saturated rings. The van der Waals surface area contributed by atoms with E-state index < -0.39 is 0 Å². The zero-order chi connectivity index (χ0) is 20.4. The number of ether oxygens (including phenoxy) is 1. The molecule has 1 amide bonds. The topological polar surface area (TPSA) is 88.2 Å². The Hall–Kier alpha value is -2.71. The van der Waals surface area contributed by atoms with Crippen molar-refractivity contribution in [2.45, 2.75) is 18.8 Å². The molecule has 1 aliphatic rings. The maximum atomic E-state index is 12.9. The minimum atomic E-state index is -0.192. The number of carbonyl (C=O) groups is 1. The van der Waals surface area contributed by atoms with E-state index in [2.05, 4.69) is 15.0 Å². The molecule has 2 aromatic heterocycles. The molecular weight excluding hydrogens is 412 g/mol. The summed E-state index contributed by atoms with van der Waals surface area (Å²) in [5.74, 6) is 1.12. The first-order chi connectivity index (χ1) is 14.0. The average Bonchev–Trinajstić information content (AvgIpc) is 3.28. The molecule has 1 N–H and O–H groups in total. The number of nitrogens with one attached hydrogen (secondary N) is 1. The molecule has 3 aromatic rings. The maximum Gasteiger partial charge on any atom is 0.257 e. The summed E-state index contributed by atoms with van der Waals surface area (Å²) >= 11 is 7.50. The van der Waals surface area contributed by atoms with Crippen LogP contribution >= 0.6 is 22.9 Å². The summed E-state index contributed by atoms with van der Waals surface area (Å²) < 4.78 is 5.30. The van der Waals surface area contributed by atoms with Gasteiger partial charge in [0.2, 0.25) is 0 Å². The first-order valence-electron chi connectivity index (χ1n) is 9.19. The third-order valence-electron chi connectivity index (χ3n) is 4.97. The molecule has 4 rings (SSSR count). The van der Waals surface area contributed by atoms with E-state index in [1.54, 1.807) is 29.3 Å². The van der Waals surface area contributed by atoms with Gasteiger partial charge in [0, 0.05) is 41.7 Å². The Balaban J connectivity index is 1.50. The Bertz CT molecular complexity index is 1080. The van der Waals surface area contributed by atoms with E-state index in [-0.39, 0.29) is 17.4 Å². The van der Waals surface area contributed by atoms with Crippen LogP contribution in [0.3, 0.4) is 0 Å². The third kappa shape index (κ3) is 4.18. The van der Waals surface area contributed by atoms with Crippen molar-refractivity contribution in [3.8, 4) is 16.5 Å². The van der Waals surface area contributed by atoms with Gasteiger partial charge < -0.3 is 14.6 Å². The van der Waals surface area contributed by atoms with Crippen LogP contribution in [0, 0.1) is 0 Å². The zero-order valence-corrected chi connectivity index (χ0v) is 17.3. The number of methoxy groups -OCH3 is 1. The van der Waals surface area contributed by atoms with E-state index in [1.165, 1.54) is 24.5 Å². The number of hydrogen-bond donors (Lipinski definition) is 1. The van der Waals surface area contributed by atoms with Gasteiger partial charge in [0.15, 0.2) is 0 Å². The first-order valence-corrected chi connectivity index (χ1v) is 10.4. The Labute approximate surface area is 176 Å². The Morgan fingerprint density at radius 2 is 2.10 bits per heavy atom. The Morgan fingerprint density at radius 1 is 1.31 bits per heavy atom. The summed E-state index contributed by atoms with van der Waals surface area (Å²) in [5.41, 5.74) is 0.846. The number of carbonyl (C=O) groups excluding carboxylic acids is 1. The van der Waals surface area contributed by atoms with E-state index in [4.69, 9.17) is 16.3 Å². The number of halogens is 1. The lowest BCUT2D eigenvalue weighted by Gasteiger charge is -2.32. The summed E-state index contributed by atoms with van der Waals surface area (Å²) in [6, 6.07) is 6.49. The predicted molar refractivity (Wildman–Crippen MR) is 112 cm³/mol. The SMILES string of the molecule is COc1ccc(Cl)cc1C(=O)N1CCC(c2nc(-c3nccs3)cc(=O)[nH]2)CC1. The van der Waals surface area contributed by atoms with Crippen LogP contribution in [0.5, 0.6) is 5.75 Å². The molecular formula is C20H19ClN4O3S. The number of aromatic nitrogens is 3. The van der Waals surface area contributed by atoms with Crippen LogP contribution in [0.1, 0.15) is 34.9 Å². The van der Waals surface area contributed by atoms with Crippen LogP contribution in [-0.4, -0.2) is 46.0 Å². The molecule has 0 atom stereocenters. The van der Waals surface area contributed by atoms with E-state index >= 15 is 0 Å². The van der Waals surface area contributed by atoms with Gasteiger partial charge in [-0.15, -0.1) is 11.3 Å². The molecule has 0 spiro atoms. The lowest BCUT2D eigenvalue weighted by atomic mass is 9.95. The summed E-state index contributed by atoms with van der Waals surface area (Å²) in [7, 11) is 1.53. The zero-order valence-electron chi connectivity index (χ0n) is 15.7. The highest BCUT2D eigenvalue weighted by Gasteiger charge is 2.28. The molecule has 1 aromatic carbocycles. The number of nitrogens with zero attached hydrogens (tertiary/aromatic N) is 3. The smallest absolute Gasteiger partial charge is 0.257 e. The van der Waals surface area contributed by atoms with Crippen LogP contribution < -0.4 is 10.3 Å². The largest absolute Gasteiger partial charge is 0.496 e. The van der Waals surface area contributed by atoms with Crippen LogP contribution in [-0.2, 0) is 0 Å². The first kappa shape index (κ1) is 19.6. The molecule has 1 saturated heterocycles. The summed E-state index contributed by atoms with van der Waals surface area (Å²) in [6.07, 6.45) is 3.11. The second kappa shape index (κ2) is 8.34. The minimum Gasteiger partial charge on any atom is -0.496 e. The molecule has 9 heteroatoms. The van der Waals surface area contributed by atoms with Gasteiger partial charge in [-0.2, -0.15) is 0 Å². The number of piperidine rings is 1. The van der Waals surface area contributed by atoms with E-state index in [9.17, 15) is 9.59 Å². The number of amides is 1. The molecule has 150 valence electrons. The van der Waals surface area contributed by atoms with E-state index in [0.29, 0.717) is 53.8 Å². The number of benzene rings is 1. The van der Waals surface area contributed by atoms with Crippen LogP contribution in [0.4, 0.5) is 0 Å². The molecule has 0 bridgehead atoms. The molecule has 0 unspecified atom stereocenters. The quantitative estimate of drug-likeness (QED) is 0.683. The molecule has 0 aliphatic carbocycles. The highest BCUT2D eigenvalue weighted by Crippen LogP contribution is 2.30. The lowest BCUT2D eigenvalue weighted by molar-refractivity contribution is 0.0707. The lowest BCUT2D eigenvalue weighted by Crippen LogP contribution is -2.38. The Morgan fingerprint density at radius 3 is 2.79 bits per heavy atom. The average molecular weight is 431 g/mol. The summed E-state index contributed by atoms with van der Waals surface area (Å²) in [4.78, 5) is 38.5. The normalized spacial score (nSPS) is 14.8. The predicted octanol–water partition coefficient (Wildman–Crippen LogP) is 3.58. The van der Waals surface area contributed by atoms with Gasteiger partial charge in [0.25, 0.3) is 11.5 Å². The minimum absolute atomic E-state index is 0.0768. The van der Waals surface area contributed by atoms with Crippen LogP contribution in [0.25, 0.3) is 10.7 Å². The van der Waals surface area contributed by atoms with Gasteiger partial charge in [0.05, 0.1) is 12.7 Å². The van der Waals surface area contributed by atoms with Crippen molar-refractivity contribution in [3.63, 3.8) is 0 Å². The number of aromatic amines is 1. The molecule has 3 heterocycles. The van der Waals surface area contributed by atoms with Crippen molar-refractivity contribution in [1.29, 1.82) is 0 Å². The van der Waals surface area contributed by atoms with Crippen molar-refractivity contribution in [2.24, 2.45) is 0 Å². The number of rotatable bonds is 4. The number of hydrogen-bond acceptors (Lipinski definition) is 6. The maximum absolute atomic E-state index is 12.9. The van der Waals surface area contributed by atoms with Gasteiger partial charge in [-0.05, 0) is 31.0 Å². The van der Waals surface area contributed by atoms with Crippen LogP contribution in [0.15, 0.2) is 40.6 Å². The summed E-state index contributed by atoms with van der Waals surface area (Å²) in [5, 5.41) is 3.06. The molecule has 29 heavy (non-hydrogen) atoms. The number of H-pyrrole nitrogens is 1. The fourth-order valence-corrected chi connectivity index (χ4v) is 4.27. The third-order valence-corrected chi connectivity index (χ3v) is 6.00. The molecule has 0 radical (unpaired) electrons. The van der Waals surface area contributed by atoms with E-state index in [0.717, 1.165) is 5.01 Å². The van der Waals surface area contributed by atoms with Crippen molar-refractivity contribution in [3.05, 3.63) is 62.6 Å².